The Bertz CT molecular complexity index is 928. The monoisotopic (exact) mass is 362 g/mol. The van der Waals surface area contributed by atoms with E-state index in [9.17, 15) is 20.0 Å². The Kier molecular flexibility index (Phi) is 5.56. The quantitative estimate of drug-likeness (QED) is 0.816. The number of carboxylic acids is 1. The maximum Gasteiger partial charge on any atom is 0.335 e. The van der Waals surface area contributed by atoms with Crippen LogP contribution in [0.15, 0.2) is 36.4 Å². The molecule has 1 heterocycles. The highest BCUT2D eigenvalue weighted by atomic mass is 16.4. The van der Waals surface area contributed by atoms with Gasteiger partial charge < -0.3 is 10.0 Å². The molecule has 2 aromatic rings. The minimum absolute atomic E-state index is 0.0887. The van der Waals surface area contributed by atoms with Gasteiger partial charge in [-0.15, -0.1) is 0 Å². The van der Waals surface area contributed by atoms with Crippen LogP contribution in [0, 0.1) is 11.3 Å². The molecule has 2 aromatic carbocycles. The number of fused-ring (bicyclic) bond motifs is 1. The van der Waals surface area contributed by atoms with Gasteiger partial charge in [-0.05, 0) is 55.0 Å². The van der Waals surface area contributed by atoms with Crippen LogP contribution in [0.2, 0.25) is 0 Å². The van der Waals surface area contributed by atoms with Crippen molar-refractivity contribution in [2.24, 2.45) is 0 Å². The summed E-state index contributed by atoms with van der Waals surface area (Å²) in [5.74, 6) is -0.812. The summed E-state index contributed by atoms with van der Waals surface area (Å²) in [4.78, 5) is 24.9. The maximum atomic E-state index is 11.4. The summed E-state index contributed by atoms with van der Waals surface area (Å²) in [6, 6.07) is 13.2. The summed E-state index contributed by atoms with van der Waals surface area (Å²) in [5, 5.41) is 18.8. The third kappa shape index (κ3) is 4.17. The Morgan fingerprint density at radius 3 is 2.74 bits per heavy atom. The van der Waals surface area contributed by atoms with E-state index in [2.05, 4.69) is 11.0 Å². The van der Waals surface area contributed by atoms with Crippen LogP contribution in [0.25, 0.3) is 0 Å². The molecule has 5 nitrogen and oxygen atoms in total. The summed E-state index contributed by atoms with van der Waals surface area (Å²) in [5.41, 5.74) is 4.79. The second-order valence-electron chi connectivity index (χ2n) is 6.94. The van der Waals surface area contributed by atoms with Gasteiger partial charge in [0.25, 0.3) is 0 Å². The van der Waals surface area contributed by atoms with Gasteiger partial charge in [-0.2, -0.15) is 5.26 Å². The van der Waals surface area contributed by atoms with Crippen molar-refractivity contribution in [1.29, 1.82) is 5.26 Å². The summed E-state index contributed by atoms with van der Waals surface area (Å²) in [6.45, 7) is 3.16. The maximum absolute atomic E-state index is 11.4. The molecule has 0 bridgehead atoms. The van der Waals surface area contributed by atoms with E-state index in [-0.39, 0.29) is 5.78 Å². The number of carboxylic acid groups (broad SMARTS) is 1. The average Bonchev–Trinajstić information content (AvgIpc) is 3.04. The van der Waals surface area contributed by atoms with Gasteiger partial charge in [0, 0.05) is 19.5 Å². The van der Waals surface area contributed by atoms with E-state index in [0.717, 1.165) is 48.3 Å². The van der Waals surface area contributed by atoms with Crippen LogP contribution >= 0.6 is 0 Å². The summed E-state index contributed by atoms with van der Waals surface area (Å²) in [7, 11) is 0. The van der Waals surface area contributed by atoms with Crippen LogP contribution in [0.4, 0.5) is 5.69 Å². The van der Waals surface area contributed by atoms with Gasteiger partial charge in [0.15, 0.2) is 0 Å². The number of nitrogens with zero attached hydrogens (tertiary/aromatic N) is 2. The van der Waals surface area contributed by atoms with Crippen LogP contribution in [-0.2, 0) is 24.1 Å². The van der Waals surface area contributed by atoms with E-state index >= 15 is 0 Å². The fourth-order valence-electron chi connectivity index (χ4n) is 3.80. The van der Waals surface area contributed by atoms with Gasteiger partial charge in [0.2, 0.25) is 0 Å². The Hall–Kier alpha value is -3.13. The SMILES string of the molecule is CC(=O)Cc1cc(C#N)c2c(c1)CCN2CCCc1ccccc1C(=O)O. The molecule has 0 atom stereocenters. The van der Waals surface area contributed by atoms with Crippen molar-refractivity contribution >= 4 is 17.4 Å². The Labute approximate surface area is 158 Å². The first kappa shape index (κ1) is 18.7. The lowest BCUT2D eigenvalue weighted by atomic mass is 10.00. The Balaban J connectivity index is 1.72. The number of Topliss-reactive ketones (excluding diaryl/α,β-unsaturated/α-hetero) is 1. The first-order valence-electron chi connectivity index (χ1n) is 9.11. The number of rotatable bonds is 7. The summed E-state index contributed by atoms with van der Waals surface area (Å²) in [6.07, 6.45) is 2.71. The highest BCUT2D eigenvalue weighted by molar-refractivity contribution is 5.89. The number of carbonyl (C=O) groups is 2. The van der Waals surface area contributed by atoms with E-state index < -0.39 is 5.97 Å². The molecular weight excluding hydrogens is 340 g/mol. The number of nitriles is 1. The molecule has 138 valence electrons. The number of carbonyl (C=O) groups excluding carboxylic acids is 1. The van der Waals surface area contributed by atoms with Crippen LogP contribution in [-0.4, -0.2) is 29.9 Å². The molecule has 0 saturated heterocycles. The zero-order chi connectivity index (χ0) is 19.4. The minimum atomic E-state index is -0.901. The third-order valence-corrected chi connectivity index (χ3v) is 4.91. The van der Waals surface area contributed by atoms with Crippen molar-refractivity contribution < 1.29 is 14.7 Å². The predicted molar refractivity (Wildman–Crippen MR) is 103 cm³/mol. The lowest BCUT2D eigenvalue weighted by molar-refractivity contribution is -0.116. The largest absolute Gasteiger partial charge is 0.478 e. The highest BCUT2D eigenvalue weighted by Gasteiger charge is 2.23. The molecule has 0 amide bonds. The highest BCUT2D eigenvalue weighted by Crippen LogP contribution is 2.33. The van der Waals surface area contributed by atoms with Crippen molar-refractivity contribution in [2.75, 3.05) is 18.0 Å². The van der Waals surface area contributed by atoms with Crippen molar-refractivity contribution in [3.8, 4) is 6.07 Å². The molecule has 5 heteroatoms. The number of anilines is 1. The average molecular weight is 362 g/mol. The number of aromatic carboxylic acids is 1. The molecule has 0 aromatic heterocycles. The predicted octanol–water partition coefficient (Wildman–Crippen LogP) is 3.38. The van der Waals surface area contributed by atoms with E-state index in [1.54, 1.807) is 19.1 Å². The molecular formula is C22H22N2O3. The normalized spacial score (nSPS) is 12.5. The number of aryl methyl sites for hydroxylation is 1. The third-order valence-electron chi connectivity index (χ3n) is 4.91. The fourth-order valence-corrected chi connectivity index (χ4v) is 3.80. The van der Waals surface area contributed by atoms with Crippen molar-refractivity contribution in [2.45, 2.75) is 32.6 Å². The van der Waals surface area contributed by atoms with Crippen LogP contribution in [0.1, 0.15) is 46.0 Å². The fraction of sp³-hybridized carbons (Fsp3) is 0.318. The topological polar surface area (TPSA) is 81.4 Å². The molecule has 0 aliphatic carbocycles. The summed E-state index contributed by atoms with van der Waals surface area (Å²) < 4.78 is 0. The molecule has 1 N–H and O–H groups in total. The molecule has 0 radical (unpaired) electrons. The van der Waals surface area contributed by atoms with Gasteiger partial charge in [0.1, 0.15) is 11.9 Å². The standard InChI is InChI=1S/C22H22N2O3/c1-15(25)11-16-12-18-8-10-24(21(18)19(13-16)14-23)9-4-6-17-5-2-3-7-20(17)22(26)27/h2-3,5,7,12-13H,4,6,8-11H2,1H3,(H,26,27). The van der Waals surface area contributed by atoms with E-state index in [1.165, 1.54) is 0 Å². The molecule has 0 unspecified atom stereocenters. The molecule has 0 fully saturated rings. The lowest BCUT2D eigenvalue weighted by Gasteiger charge is -2.21. The number of benzene rings is 2. The van der Waals surface area contributed by atoms with Gasteiger partial charge in [0.05, 0.1) is 16.8 Å². The smallest absolute Gasteiger partial charge is 0.335 e. The van der Waals surface area contributed by atoms with Crippen molar-refractivity contribution in [3.05, 3.63) is 64.2 Å². The van der Waals surface area contributed by atoms with Gasteiger partial charge in [-0.3, -0.25) is 4.79 Å². The first-order chi connectivity index (χ1) is 13.0. The Morgan fingerprint density at radius 2 is 2.04 bits per heavy atom. The van der Waals surface area contributed by atoms with Gasteiger partial charge in [-0.1, -0.05) is 24.3 Å². The summed E-state index contributed by atoms with van der Waals surface area (Å²) >= 11 is 0. The molecule has 0 spiro atoms. The van der Waals surface area contributed by atoms with Crippen molar-refractivity contribution in [3.63, 3.8) is 0 Å². The molecule has 1 aliphatic heterocycles. The number of hydrogen-bond donors (Lipinski definition) is 1. The zero-order valence-corrected chi connectivity index (χ0v) is 15.4. The number of hydrogen-bond acceptors (Lipinski definition) is 4. The van der Waals surface area contributed by atoms with Crippen LogP contribution < -0.4 is 4.90 Å². The molecule has 3 rings (SSSR count). The van der Waals surface area contributed by atoms with Crippen LogP contribution in [0.5, 0.6) is 0 Å². The van der Waals surface area contributed by atoms with Crippen molar-refractivity contribution in [1.82, 2.24) is 0 Å². The van der Waals surface area contributed by atoms with E-state index in [1.807, 2.05) is 24.3 Å². The lowest BCUT2D eigenvalue weighted by Crippen LogP contribution is -2.23. The Morgan fingerprint density at radius 1 is 1.26 bits per heavy atom. The number of ketones is 1. The second-order valence-corrected chi connectivity index (χ2v) is 6.94. The van der Waals surface area contributed by atoms with Gasteiger partial charge in [-0.25, -0.2) is 4.79 Å². The second kappa shape index (κ2) is 8.05. The van der Waals surface area contributed by atoms with Gasteiger partial charge >= 0.3 is 5.97 Å². The first-order valence-corrected chi connectivity index (χ1v) is 9.11. The molecule has 0 saturated carbocycles. The van der Waals surface area contributed by atoms with E-state index in [4.69, 9.17) is 0 Å². The van der Waals surface area contributed by atoms with Crippen LogP contribution in [0.3, 0.4) is 0 Å². The zero-order valence-electron chi connectivity index (χ0n) is 15.4. The molecule has 27 heavy (non-hydrogen) atoms. The minimum Gasteiger partial charge on any atom is -0.478 e. The van der Waals surface area contributed by atoms with E-state index in [0.29, 0.717) is 24.0 Å². The molecule has 1 aliphatic rings.